The molecule has 15 heavy (non-hydrogen) atoms. The monoisotopic (exact) mass is 209 g/mol. The highest BCUT2D eigenvalue weighted by molar-refractivity contribution is 5.02. The van der Waals surface area contributed by atoms with Crippen LogP contribution in [-0.2, 0) is 6.54 Å². The zero-order chi connectivity index (χ0) is 11.1. The van der Waals surface area contributed by atoms with E-state index in [-0.39, 0.29) is 0 Å². The average Bonchev–Trinajstić information content (AvgIpc) is 2.69. The Bertz CT molecular complexity index is 241. The Labute approximate surface area is 92.9 Å². The number of hydrogen-bond donors (Lipinski definition) is 2. The second-order valence-electron chi connectivity index (χ2n) is 4.30. The van der Waals surface area contributed by atoms with E-state index in [1.165, 1.54) is 12.1 Å². The van der Waals surface area contributed by atoms with Crippen LogP contribution in [0.15, 0.2) is 18.3 Å². The molecule has 1 rings (SSSR count). The van der Waals surface area contributed by atoms with Gasteiger partial charge in [-0.25, -0.2) is 0 Å². The summed E-state index contributed by atoms with van der Waals surface area (Å²) in [5, 5.41) is 3.42. The minimum Gasteiger partial charge on any atom is -0.364 e. The van der Waals surface area contributed by atoms with Crippen LogP contribution in [0.2, 0.25) is 0 Å². The van der Waals surface area contributed by atoms with Gasteiger partial charge in [0.2, 0.25) is 0 Å². The van der Waals surface area contributed by atoms with Crippen molar-refractivity contribution < 1.29 is 0 Å². The summed E-state index contributed by atoms with van der Waals surface area (Å²) in [6, 6.07) is 4.78. The van der Waals surface area contributed by atoms with Gasteiger partial charge in [-0.15, -0.1) is 0 Å². The molecular formula is C12H23N3. The van der Waals surface area contributed by atoms with Gasteiger partial charge in [-0.1, -0.05) is 0 Å². The highest BCUT2D eigenvalue weighted by Crippen LogP contribution is 1.95. The summed E-state index contributed by atoms with van der Waals surface area (Å²) < 4.78 is 0. The molecule has 1 aromatic rings. The van der Waals surface area contributed by atoms with Crippen molar-refractivity contribution in [1.82, 2.24) is 15.2 Å². The molecule has 0 aliphatic heterocycles. The predicted molar refractivity (Wildman–Crippen MR) is 64.9 cm³/mol. The summed E-state index contributed by atoms with van der Waals surface area (Å²) in [7, 11) is 2.18. The van der Waals surface area contributed by atoms with Crippen LogP contribution in [0.3, 0.4) is 0 Å². The first kappa shape index (κ1) is 12.3. The molecule has 0 bridgehead atoms. The van der Waals surface area contributed by atoms with Crippen LogP contribution in [0, 0.1) is 0 Å². The molecule has 0 fully saturated rings. The maximum atomic E-state index is 3.42. The van der Waals surface area contributed by atoms with Crippen molar-refractivity contribution in [3.8, 4) is 0 Å². The highest BCUT2D eigenvalue weighted by atomic mass is 15.1. The number of aromatic nitrogens is 1. The molecule has 3 nitrogen and oxygen atoms in total. The number of nitrogens with one attached hydrogen (secondary N) is 2. The Kier molecular flexibility index (Phi) is 5.43. The molecule has 2 N–H and O–H groups in total. The third-order valence-corrected chi connectivity index (χ3v) is 2.72. The highest BCUT2D eigenvalue weighted by Gasteiger charge is 2.01. The quantitative estimate of drug-likeness (QED) is 0.671. The first-order valence-electron chi connectivity index (χ1n) is 5.73. The van der Waals surface area contributed by atoms with Crippen molar-refractivity contribution in [2.45, 2.75) is 32.9 Å². The molecule has 1 aromatic heterocycles. The Morgan fingerprint density at radius 3 is 2.87 bits per heavy atom. The van der Waals surface area contributed by atoms with Crippen LogP contribution >= 0.6 is 0 Å². The van der Waals surface area contributed by atoms with Crippen molar-refractivity contribution in [1.29, 1.82) is 0 Å². The molecule has 0 aromatic carbocycles. The molecule has 0 saturated heterocycles. The first-order valence-corrected chi connectivity index (χ1v) is 5.73. The lowest BCUT2D eigenvalue weighted by molar-refractivity contribution is 0.269. The van der Waals surface area contributed by atoms with E-state index in [0.717, 1.165) is 19.6 Å². The number of aromatic amines is 1. The fourth-order valence-electron chi connectivity index (χ4n) is 1.41. The summed E-state index contributed by atoms with van der Waals surface area (Å²) in [6.07, 6.45) is 3.17. The van der Waals surface area contributed by atoms with Gasteiger partial charge in [0.1, 0.15) is 0 Å². The molecule has 3 heteroatoms. The first-order chi connectivity index (χ1) is 7.20. The van der Waals surface area contributed by atoms with E-state index >= 15 is 0 Å². The lowest BCUT2D eigenvalue weighted by atomic mass is 10.3. The SMILES string of the molecule is CC(C)N(C)CCCNCc1ccc[nH]1. The molecule has 0 aliphatic rings. The number of nitrogens with zero attached hydrogens (tertiary/aromatic N) is 1. The summed E-state index contributed by atoms with van der Waals surface area (Å²) in [5.74, 6) is 0. The zero-order valence-corrected chi connectivity index (χ0v) is 10.1. The lowest BCUT2D eigenvalue weighted by Gasteiger charge is -2.20. The van der Waals surface area contributed by atoms with Crippen molar-refractivity contribution >= 4 is 0 Å². The molecule has 0 spiro atoms. The summed E-state index contributed by atoms with van der Waals surface area (Å²) in [5.41, 5.74) is 1.26. The lowest BCUT2D eigenvalue weighted by Crippen LogP contribution is -2.29. The van der Waals surface area contributed by atoms with Crippen LogP contribution in [0.4, 0.5) is 0 Å². The molecule has 0 amide bonds. The van der Waals surface area contributed by atoms with Gasteiger partial charge >= 0.3 is 0 Å². The molecule has 0 atom stereocenters. The number of H-pyrrole nitrogens is 1. The summed E-state index contributed by atoms with van der Waals surface area (Å²) in [6.45, 7) is 7.64. The third kappa shape index (κ3) is 5.00. The standard InChI is InChI=1S/C12H23N3/c1-11(2)15(3)9-5-7-13-10-12-6-4-8-14-12/h4,6,8,11,13-14H,5,7,9-10H2,1-3H3. The van der Waals surface area contributed by atoms with Gasteiger partial charge in [0.15, 0.2) is 0 Å². The van der Waals surface area contributed by atoms with Crippen LogP contribution < -0.4 is 5.32 Å². The number of rotatable bonds is 7. The fourth-order valence-corrected chi connectivity index (χ4v) is 1.41. The van der Waals surface area contributed by atoms with Crippen molar-refractivity contribution in [3.63, 3.8) is 0 Å². The van der Waals surface area contributed by atoms with E-state index in [0.29, 0.717) is 6.04 Å². The van der Waals surface area contributed by atoms with Gasteiger partial charge in [0, 0.05) is 24.5 Å². The maximum Gasteiger partial charge on any atom is 0.0357 e. The van der Waals surface area contributed by atoms with Crippen molar-refractivity contribution in [3.05, 3.63) is 24.0 Å². The van der Waals surface area contributed by atoms with E-state index in [1.54, 1.807) is 0 Å². The summed E-state index contributed by atoms with van der Waals surface area (Å²) >= 11 is 0. The Balaban J connectivity index is 1.98. The van der Waals surface area contributed by atoms with Gasteiger partial charge in [0.25, 0.3) is 0 Å². The second kappa shape index (κ2) is 6.64. The average molecular weight is 209 g/mol. The Hall–Kier alpha value is -0.800. The second-order valence-corrected chi connectivity index (χ2v) is 4.30. The number of hydrogen-bond acceptors (Lipinski definition) is 2. The van der Waals surface area contributed by atoms with Crippen LogP contribution in [-0.4, -0.2) is 36.1 Å². The van der Waals surface area contributed by atoms with Gasteiger partial charge in [0.05, 0.1) is 0 Å². The molecule has 0 aliphatic carbocycles. The van der Waals surface area contributed by atoms with Crippen LogP contribution in [0.1, 0.15) is 26.0 Å². The van der Waals surface area contributed by atoms with Gasteiger partial charge in [-0.05, 0) is 52.5 Å². The van der Waals surface area contributed by atoms with Crippen LogP contribution in [0.5, 0.6) is 0 Å². The van der Waals surface area contributed by atoms with Gasteiger partial charge in [-0.2, -0.15) is 0 Å². The van der Waals surface area contributed by atoms with E-state index in [9.17, 15) is 0 Å². The smallest absolute Gasteiger partial charge is 0.0357 e. The summed E-state index contributed by atoms with van der Waals surface area (Å²) in [4.78, 5) is 5.55. The minimum atomic E-state index is 0.647. The molecule has 0 saturated carbocycles. The zero-order valence-electron chi connectivity index (χ0n) is 10.1. The Morgan fingerprint density at radius 2 is 2.27 bits per heavy atom. The minimum absolute atomic E-state index is 0.647. The van der Waals surface area contributed by atoms with E-state index in [4.69, 9.17) is 0 Å². The Morgan fingerprint density at radius 1 is 1.47 bits per heavy atom. The van der Waals surface area contributed by atoms with Gasteiger partial charge < -0.3 is 15.2 Å². The fraction of sp³-hybridized carbons (Fsp3) is 0.667. The molecular weight excluding hydrogens is 186 g/mol. The van der Waals surface area contributed by atoms with E-state index < -0.39 is 0 Å². The molecule has 0 radical (unpaired) electrons. The molecule has 86 valence electrons. The maximum absolute atomic E-state index is 3.42. The molecule has 1 heterocycles. The predicted octanol–water partition coefficient (Wildman–Crippen LogP) is 1.83. The van der Waals surface area contributed by atoms with Crippen LogP contribution in [0.25, 0.3) is 0 Å². The van der Waals surface area contributed by atoms with Gasteiger partial charge in [-0.3, -0.25) is 0 Å². The normalized spacial score (nSPS) is 11.5. The van der Waals surface area contributed by atoms with E-state index in [1.807, 2.05) is 12.3 Å². The van der Waals surface area contributed by atoms with Crippen molar-refractivity contribution in [2.75, 3.05) is 20.1 Å². The third-order valence-electron chi connectivity index (χ3n) is 2.72. The topological polar surface area (TPSA) is 31.1 Å². The largest absolute Gasteiger partial charge is 0.364 e. The van der Waals surface area contributed by atoms with Crippen molar-refractivity contribution in [2.24, 2.45) is 0 Å². The van der Waals surface area contributed by atoms with E-state index in [2.05, 4.69) is 42.2 Å². The molecule has 0 unspecified atom stereocenters.